The van der Waals surface area contributed by atoms with Crippen LogP contribution in [-0.4, -0.2) is 35.5 Å². The summed E-state index contributed by atoms with van der Waals surface area (Å²) in [6.07, 6.45) is 2.99. The van der Waals surface area contributed by atoms with Gasteiger partial charge in [-0.1, -0.05) is 44.2 Å². The van der Waals surface area contributed by atoms with Crippen molar-refractivity contribution in [3.8, 4) is 0 Å². The van der Waals surface area contributed by atoms with E-state index < -0.39 is 0 Å². The summed E-state index contributed by atoms with van der Waals surface area (Å²) in [5.41, 5.74) is 1.30. The highest BCUT2D eigenvalue weighted by Crippen LogP contribution is 2.17. The minimum atomic E-state index is 0.00183. The molecule has 3 nitrogen and oxygen atoms in total. The molecule has 20 heavy (non-hydrogen) atoms. The van der Waals surface area contributed by atoms with Crippen LogP contribution in [0.25, 0.3) is 0 Å². The largest absolute Gasteiger partial charge is 0.338 e. The second kappa shape index (κ2) is 6.89. The zero-order chi connectivity index (χ0) is 14.5. The van der Waals surface area contributed by atoms with E-state index in [1.807, 2.05) is 6.07 Å². The zero-order valence-electron chi connectivity index (χ0n) is 12.8. The lowest BCUT2D eigenvalue weighted by Gasteiger charge is -2.37. The average Bonchev–Trinajstić information content (AvgIpc) is 2.41. The number of hydrogen-bond donors (Lipinski definition) is 1. The monoisotopic (exact) mass is 274 g/mol. The van der Waals surface area contributed by atoms with Gasteiger partial charge in [-0.25, -0.2) is 0 Å². The molecule has 110 valence electrons. The molecule has 2 atom stereocenters. The lowest BCUT2D eigenvalue weighted by Crippen LogP contribution is -2.55. The van der Waals surface area contributed by atoms with E-state index in [0.29, 0.717) is 6.04 Å². The van der Waals surface area contributed by atoms with Gasteiger partial charge in [-0.15, -0.1) is 0 Å². The average molecular weight is 274 g/mol. The van der Waals surface area contributed by atoms with Gasteiger partial charge in [0.15, 0.2) is 0 Å². The number of nitrogens with zero attached hydrogens (tertiary/aromatic N) is 1. The van der Waals surface area contributed by atoms with Gasteiger partial charge in [0.05, 0.1) is 6.04 Å². The molecule has 0 bridgehead atoms. The molecular formula is C17H26N2O. The van der Waals surface area contributed by atoms with Crippen LogP contribution in [0.4, 0.5) is 0 Å². The molecule has 0 aliphatic carbocycles. The van der Waals surface area contributed by atoms with Crippen LogP contribution in [0.5, 0.6) is 0 Å². The van der Waals surface area contributed by atoms with Gasteiger partial charge in [0.25, 0.3) is 0 Å². The minimum Gasteiger partial charge on any atom is -0.338 e. The smallest absolute Gasteiger partial charge is 0.239 e. The van der Waals surface area contributed by atoms with Crippen LogP contribution in [-0.2, 0) is 11.2 Å². The van der Waals surface area contributed by atoms with Gasteiger partial charge in [-0.3, -0.25) is 4.79 Å². The molecule has 0 saturated carbocycles. The number of amides is 1. The van der Waals surface area contributed by atoms with Gasteiger partial charge in [0, 0.05) is 18.6 Å². The molecule has 1 aromatic rings. The number of likely N-dealkylation sites (tertiary alicyclic amines) is 1. The molecule has 0 spiro atoms. The topological polar surface area (TPSA) is 32.3 Å². The molecule has 1 aromatic carbocycles. The quantitative estimate of drug-likeness (QED) is 0.895. The first kappa shape index (κ1) is 15.0. The number of benzene rings is 1. The summed E-state index contributed by atoms with van der Waals surface area (Å²) in [7, 11) is 0. The standard InChI is InChI=1S/C17H26N2O/c1-13(2)18-16-10-7-11-19(17(16)20)14(3)12-15-8-5-4-6-9-15/h4-6,8-9,13-14,16,18H,7,10-12H2,1-3H3. The molecule has 3 heteroatoms. The van der Waals surface area contributed by atoms with Crippen molar-refractivity contribution >= 4 is 5.91 Å². The SMILES string of the molecule is CC(C)NC1CCCN(C(C)Cc2ccccc2)C1=O. The summed E-state index contributed by atoms with van der Waals surface area (Å²) in [5.74, 6) is 0.272. The molecule has 1 aliphatic rings. The van der Waals surface area contributed by atoms with Gasteiger partial charge in [-0.2, -0.15) is 0 Å². The Hall–Kier alpha value is -1.35. The van der Waals surface area contributed by atoms with E-state index in [1.54, 1.807) is 0 Å². The molecule has 2 rings (SSSR count). The molecule has 2 unspecified atom stereocenters. The van der Waals surface area contributed by atoms with Crippen molar-refractivity contribution in [2.24, 2.45) is 0 Å². The first-order chi connectivity index (χ1) is 9.58. The van der Waals surface area contributed by atoms with Crippen molar-refractivity contribution in [3.63, 3.8) is 0 Å². The van der Waals surface area contributed by atoms with E-state index in [-0.39, 0.29) is 18.0 Å². The molecule has 1 saturated heterocycles. The third-order valence-corrected chi connectivity index (χ3v) is 3.91. The van der Waals surface area contributed by atoms with Crippen LogP contribution in [0.3, 0.4) is 0 Å². The fourth-order valence-corrected chi connectivity index (χ4v) is 2.96. The van der Waals surface area contributed by atoms with Crippen LogP contribution in [0.1, 0.15) is 39.2 Å². The van der Waals surface area contributed by atoms with E-state index in [0.717, 1.165) is 25.8 Å². The Morgan fingerprint density at radius 1 is 1.25 bits per heavy atom. The molecule has 1 fully saturated rings. The Balaban J connectivity index is 1.98. The summed E-state index contributed by atoms with van der Waals surface area (Å²) in [6.45, 7) is 7.24. The summed E-state index contributed by atoms with van der Waals surface area (Å²) in [5, 5.41) is 3.39. The van der Waals surface area contributed by atoms with E-state index in [4.69, 9.17) is 0 Å². The Kier molecular flexibility index (Phi) is 5.18. The molecular weight excluding hydrogens is 248 g/mol. The maximum absolute atomic E-state index is 12.6. The zero-order valence-corrected chi connectivity index (χ0v) is 12.8. The molecule has 1 aliphatic heterocycles. The fraction of sp³-hybridized carbons (Fsp3) is 0.588. The summed E-state index contributed by atoms with van der Waals surface area (Å²) >= 11 is 0. The Labute approximate surface area is 122 Å². The van der Waals surface area contributed by atoms with Crippen molar-refractivity contribution in [1.29, 1.82) is 0 Å². The summed E-state index contributed by atoms with van der Waals surface area (Å²) in [4.78, 5) is 14.6. The van der Waals surface area contributed by atoms with Crippen molar-refractivity contribution in [2.75, 3.05) is 6.54 Å². The number of nitrogens with one attached hydrogen (secondary N) is 1. The lowest BCUT2D eigenvalue weighted by atomic mass is 9.99. The van der Waals surface area contributed by atoms with E-state index >= 15 is 0 Å². The van der Waals surface area contributed by atoms with Crippen molar-refractivity contribution in [1.82, 2.24) is 10.2 Å². The van der Waals surface area contributed by atoms with Crippen molar-refractivity contribution in [2.45, 2.75) is 58.2 Å². The third-order valence-electron chi connectivity index (χ3n) is 3.91. The minimum absolute atomic E-state index is 0.00183. The highest BCUT2D eigenvalue weighted by molar-refractivity contribution is 5.83. The maximum atomic E-state index is 12.6. The molecule has 0 radical (unpaired) electrons. The predicted molar refractivity (Wildman–Crippen MR) is 82.6 cm³/mol. The molecule has 1 heterocycles. The van der Waals surface area contributed by atoms with Crippen molar-refractivity contribution in [3.05, 3.63) is 35.9 Å². The van der Waals surface area contributed by atoms with Gasteiger partial charge in [0.1, 0.15) is 0 Å². The van der Waals surface area contributed by atoms with E-state index in [9.17, 15) is 4.79 Å². The number of hydrogen-bond acceptors (Lipinski definition) is 2. The van der Waals surface area contributed by atoms with Gasteiger partial charge >= 0.3 is 0 Å². The van der Waals surface area contributed by atoms with E-state index in [2.05, 4.69) is 55.3 Å². The van der Waals surface area contributed by atoms with Gasteiger partial charge in [-0.05, 0) is 31.7 Å². The fourth-order valence-electron chi connectivity index (χ4n) is 2.96. The molecule has 1 amide bonds. The van der Waals surface area contributed by atoms with Crippen LogP contribution < -0.4 is 5.32 Å². The number of rotatable bonds is 5. The normalized spacial score (nSPS) is 21.3. The molecule has 1 N–H and O–H groups in total. The first-order valence-corrected chi connectivity index (χ1v) is 7.68. The second-order valence-corrected chi connectivity index (χ2v) is 6.09. The number of piperidine rings is 1. The summed E-state index contributed by atoms with van der Waals surface area (Å²) in [6, 6.07) is 11.0. The Morgan fingerprint density at radius 2 is 1.95 bits per heavy atom. The van der Waals surface area contributed by atoms with Crippen LogP contribution in [0, 0.1) is 0 Å². The van der Waals surface area contributed by atoms with Crippen LogP contribution in [0.2, 0.25) is 0 Å². The highest BCUT2D eigenvalue weighted by atomic mass is 16.2. The predicted octanol–water partition coefficient (Wildman–Crippen LogP) is 2.61. The van der Waals surface area contributed by atoms with Crippen LogP contribution in [0.15, 0.2) is 30.3 Å². The second-order valence-electron chi connectivity index (χ2n) is 6.09. The van der Waals surface area contributed by atoms with Gasteiger partial charge < -0.3 is 10.2 Å². The van der Waals surface area contributed by atoms with Crippen molar-refractivity contribution < 1.29 is 4.79 Å². The summed E-state index contributed by atoms with van der Waals surface area (Å²) < 4.78 is 0. The number of carbonyl (C=O) groups excluding carboxylic acids is 1. The first-order valence-electron chi connectivity index (χ1n) is 7.68. The van der Waals surface area contributed by atoms with Crippen LogP contribution >= 0.6 is 0 Å². The maximum Gasteiger partial charge on any atom is 0.239 e. The highest BCUT2D eigenvalue weighted by Gasteiger charge is 2.31. The third kappa shape index (κ3) is 3.83. The lowest BCUT2D eigenvalue weighted by molar-refractivity contribution is -0.138. The Morgan fingerprint density at radius 3 is 2.60 bits per heavy atom. The number of carbonyl (C=O) groups is 1. The Bertz CT molecular complexity index is 430. The molecule has 0 aromatic heterocycles. The van der Waals surface area contributed by atoms with Gasteiger partial charge in [0.2, 0.25) is 5.91 Å². The van der Waals surface area contributed by atoms with E-state index in [1.165, 1.54) is 5.56 Å².